The Hall–Kier alpha value is -2.77. The van der Waals surface area contributed by atoms with Gasteiger partial charge in [-0.05, 0) is 26.8 Å². The Bertz CT molecular complexity index is 826. The van der Waals surface area contributed by atoms with Gasteiger partial charge in [-0.25, -0.2) is 14.8 Å². The van der Waals surface area contributed by atoms with Crippen LogP contribution in [0.15, 0.2) is 18.5 Å². The summed E-state index contributed by atoms with van der Waals surface area (Å²) in [5.74, 6) is 1.59. The fourth-order valence-corrected chi connectivity index (χ4v) is 3.00. The smallest absolute Gasteiger partial charge is 0.410 e. The molecule has 0 saturated carbocycles. The van der Waals surface area contributed by atoms with Crippen molar-refractivity contribution in [1.29, 1.82) is 0 Å². The highest BCUT2D eigenvalue weighted by Gasteiger charge is 2.28. The maximum atomic E-state index is 12.2. The van der Waals surface area contributed by atoms with Gasteiger partial charge in [-0.2, -0.15) is 0 Å². The van der Waals surface area contributed by atoms with Crippen LogP contribution < -0.4 is 15.2 Å². The number of rotatable bonds is 3. The number of methoxy groups -OCH3 is 1. The molecule has 0 bridgehead atoms. The maximum absolute atomic E-state index is 12.2. The number of piperidine rings is 1. The Morgan fingerprint density at radius 1 is 1.19 bits per heavy atom. The van der Waals surface area contributed by atoms with Gasteiger partial charge < -0.3 is 24.8 Å². The highest BCUT2D eigenvalue weighted by molar-refractivity contribution is 5.90. The van der Waals surface area contributed by atoms with Crippen molar-refractivity contribution in [3.63, 3.8) is 0 Å². The minimum absolute atomic E-state index is 0.0270. The predicted octanol–water partition coefficient (Wildman–Crippen LogP) is 3.00. The summed E-state index contributed by atoms with van der Waals surface area (Å²) in [4.78, 5) is 22.1. The van der Waals surface area contributed by atoms with Crippen molar-refractivity contribution < 1.29 is 19.0 Å². The third-order valence-electron chi connectivity index (χ3n) is 4.34. The van der Waals surface area contributed by atoms with E-state index in [0.29, 0.717) is 48.8 Å². The van der Waals surface area contributed by atoms with Crippen LogP contribution in [0, 0.1) is 0 Å². The minimum Gasteiger partial charge on any atom is -0.493 e. The summed E-state index contributed by atoms with van der Waals surface area (Å²) >= 11 is 0. The summed E-state index contributed by atoms with van der Waals surface area (Å²) in [6.45, 7) is 6.76. The SMILES string of the molecule is COc1cc2ncnc(N)c2cc1OC1CCN(C(=O)OC(C)(C)C)CC1. The Morgan fingerprint density at radius 2 is 1.89 bits per heavy atom. The molecule has 146 valence electrons. The van der Waals surface area contributed by atoms with Crippen LogP contribution in [0.3, 0.4) is 0 Å². The molecule has 1 fully saturated rings. The second-order valence-electron chi connectivity index (χ2n) is 7.56. The Balaban J connectivity index is 1.68. The number of nitrogens with zero attached hydrogens (tertiary/aromatic N) is 3. The summed E-state index contributed by atoms with van der Waals surface area (Å²) in [6, 6.07) is 3.60. The number of hydrogen-bond donors (Lipinski definition) is 1. The van der Waals surface area contributed by atoms with Gasteiger partial charge in [-0.15, -0.1) is 0 Å². The molecule has 2 aromatic rings. The Kier molecular flexibility index (Phi) is 5.25. The van der Waals surface area contributed by atoms with Crippen LogP contribution in [0.2, 0.25) is 0 Å². The largest absolute Gasteiger partial charge is 0.493 e. The fraction of sp³-hybridized carbons (Fsp3) is 0.526. The monoisotopic (exact) mass is 374 g/mol. The molecular formula is C19H26N4O4. The maximum Gasteiger partial charge on any atom is 0.410 e. The number of likely N-dealkylation sites (tertiary alicyclic amines) is 1. The van der Waals surface area contributed by atoms with Crippen LogP contribution in [-0.2, 0) is 4.74 Å². The zero-order valence-electron chi connectivity index (χ0n) is 16.2. The first-order valence-corrected chi connectivity index (χ1v) is 8.99. The molecule has 2 N–H and O–H groups in total. The molecule has 8 nitrogen and oxygen atoms in total. The van der Waals surface area contributed by atoms with E-state index in [0.717, 1.165) is 5.39 Å². The topological polar surface area (TPSA) is 99.8 Å². The molecule has 3 rings (SSSR count). The molecule has 2 heterocycles. The standard InChI is InChI=1S/C19H26N4O4/c1-19(2,3)27-18(24)23-7-5-12(6-8-23)26-16-9-13-14(10-15(16)25-4)21-11-22-17(13)20/h9-12H,5-8H2,1-4H3,(H2,20,21,22). The average Bonchev–Trinajstić information content (AvgIpc) is 2.61. The van der Waals surface area contributed by atoms with Crippen molar-refractivity contribution in [2.24, 2.45) is 0 Å². The highest BCUT2D eigenvalue weighted by atomic mass is 16.6. The summed E-state index contributed by atoms with van der Waals surface area (Å²) in [7, 11) is 1.59. The molecular weight excluding hydrogens is 348 g/mol. The van der Waals surface area contributed by atoms with Crippen molar-refractivity contribution in [3.05, 3.63) is 18.5 Å². The molecule has 0 atom stereocenters. The van der Waals surface area contributed by atoms with Crippen LogP contribution in [0.5, 0.6) is 11.5 Å². The first-order valence-electron chi connectivity index (χ1n) is 8.99. The van der Waals surface area contributed by atoms with Gasteiger partial charge in [0.05, 0.1) is 12.6 Å². The van der Waals surface area contributed by atoms with E-state index in [2.05, 4.69) is 9.97 Å². The number of fused-ring (bicyclic) bond motifs is 1. The first-order chi connectivity index (χ1) is 12.8. The summed E-state index contributed by atoms with van der Waals surface area (Å²) in [5.41, 5.74) is 6.15. The van der Waals surface area contributed by atoms with Crippen LogP contribution in [0.4, 0.5) is 10.6 Å². The van der Waals surface area contributed by atoms with Crippen molar-refractivity contribution in [2.75, 3.05) is 25.9 Å². The summed E-state index contributed by atoms with van der Waals surface area (Å²) in [5, 5.41) is 0.722. The van der Waals surface area contributed by atoms with Gasteiger partial charge in [0.15, 0.2) is 11.5 Å². The summed E-state index contributed by atoms with van der Waals surface area (Å²) < 4.78 is 17.0. The number of carbonyl (C=O) groups excluding carboxylic acids is 1. The molecule has 1 amide bonds. The van der Waals surface area contributed by atoms with Crippen molar-refractivity contribution in [1.82, 2.24) is 14.9 Å². The number of aromatic nitrogens is 2. The van der Waals surface area contributed by atoms with E-state index < -0.39 is 5.60 Å². The molecule has 1 aliphatic rings. The average molecular weight is 374 g/mol. The van der Waals surface area contributed by atoms with E-state index in [1.165, 1.54) is 6.33 Å². The van der Waals surface area contributed by atoms with Crippen LogP contribution >= 0.6 is 0 Å². The van der Waals surface area contributed by atoms with Crippen molar-refractivity contribution in [3.8, 4) is 11.5 Å². The zero-order valence-corrected chi connectivity index (χ0v) is 16.2. The Labute approximate surface area is 158 Å². The predicted molar refractivity (Wildman–Crippen MR) is 102 cm³/mol. The lowest BCUT2D eigenvalue weighted by molar-refractivity contribution is 0.0124. The van der Waals surface area contributed by atoms with E-state index in [-0.39, 0.29) is 12.2 Å². The van der Waals surface area contributed by atoms with Gasteiger partial charge >= 0.3 is 6.09 Å². The number of hydrogen-bond acceptors (Lipinski definition) is 7. The third kappa shape index (κ3) is 4.50. The van der Waals surface area contributed by atoms with Gasteiger partial charge in [0.2, 0.25) is 0 Å². The molecule has 8 heteroatoms. The first kappa shape index (κ1) is 19.0. The molecule has 0 unspecified atom stereocenters. The number of benzene rings is 1. The van der Waals surface area contributed by atoms with Gasteiger partial charge in [-0.1, -0.05) is 0 Å². The van der Waals surface area contributed by atoms with E-state index in [1.54, 1.807) is 18.1 Å². The molecule has 27 heavy (non-hydrogen) atoms. The van der Waals surface area contributed by atoms with Gasteiger partial charge in [0.1, 0.15) is 23.9 Å². The number of ether oxygens (including phenoxy) is 3. The number of anilines is 1. The van der Waals surface area contributed by atoms with E-state index in [4.69, 9.17) is 19.9 Å². The molecule has 1 aromatic heterocycles. The minimum atomic E-state index is -0.495. The second-order valence-corrected chi connectivity index (χ2v) is 7.56. The lowest BCUT2D eigenvalue weighted by Crippen LogP contribution is -2.44. The Morgan fingerprint density at radius 3 is 2.52 bits per heavy atom. The molecule has 1 aromatic carbocycles. The fourth-order valence-electron chi connectivity index (χ4n) is 3.00. The molecule has 0 radical (unpaired) electrons. The van der Waals surface area contributed by atoms with E-state index in [1.807, 2.05) is 26.8 Å². The number of carbonyl (C=O) groups is 1. The van der Waals surface area contributed by atoms with Gasteiger partial charge in [0, 0.05) is 37.4 Å². The number of nitrogen functional groups attached to an aromatic ring is 1. The molecule has 0 spiro atoms. The zero-order chi connectivity index (χ0) is 19.6. The lowest BCUT2D eigenvalue weighted by atomic mass is 10.1. The second kappa shape index (κ2) is 7.46. The molecule has 1 saturated heterocycles. The van der Waals surface area contributed by atoms with Crippen molar-refractivity contribution >= 4 is 22.8 Å². The van der Waals surface area contributed by atoms with E-state index in [9.17, 15) is 4.79 Å². The van der Waals surface area contributed by atoms with Crippen LogP contribution in [-0.4, -0.2) is 52.9 Å². The lowest BCUT2D eigenvalue weighted by Gasteiger charge is -2.33. The van der Waals surface area contributed by atoms with Crippen LogP contribution in [0.25, 0.3) is 10.9 Å². The van der Waals surface area contributed by atoms with Gasteiger partial charge in [-0.3, -0.25) is 0 Å². The van der Waals surface area contributed by atoms with E-state index >= 15 is 0 Å². The molecule has 0 aliphatic carbocycles. The quantitative estimate of drug-likeness (QED) is 0.881. The van der Waals surface area contributed by atoms with Crippen LogP contribution in [0.1, 0.15) is 33.6 Å². The normalized spacial score (nSPS) is 15.6. The number of nitrogens with two attached hydrogens (primary N) is 1. The van der Waals surface area contributed by atoms with Gasteiger partial charge in [0.25, 0.3) is 0 Å². The van der Waals surface area contributed by atoms with Crippen molar-refractivity contribution in [2.45, 2.75) is 45.3 Å². The summed E-state index contributed by atoms with van der Waals surface area (Å²) in [6.07, 6.45) is 2.53. The number of amides is 1. The highest BCUT2D eigenvalue weighted by Crippen LogP contribution is 2.35. The molecule has 1 aliphatic heterocycles. The third-order valence-corrected chi connectivity index (χ3v) is 4.34.